The zero-order valence-electron chi connectivity index (χ0n) is 44.7. The van der Waals surface area contributed by atoms with Crippen LogP contribution in [0.4, 0.5) is 17.1 Å². The van der Waals surface area contributed by atoms with Crippen LogP contribution in [0, 0.1) is 35.5 Å². The molecule has 3 aliphatic heterocycles. The van der Waals surface area contributed by atoms with Crippen LogP contribution in [0.1, 0.15) is 115 Å². The standard InChI is InChI=1S/C72H65BN2S2/c1-70(2,3)51-18-20-60(54(30-51)49-14-8-5-9-15-49)74-62-35-67-66(76-64-16-10-11-17-65(64)77-67)34-59(62)73-68-56(28-50(29-63(68)74)48-12-6-4-7-13-48)58-33-53(72-39-45-25-46(40-72)27-47(26-45)41-72)32-57-55-31-52(19-21-61(55)75(73)69(57)58)71-36-42-22-43(37-71)24-44(23-42)38-71/h4-21,28-35,42-47H,22-27,36-41H2,1-3H3. The van der Waals surface area contributed by atoms with Crippen LogP contribution >= 0.6 is 23.5 Å². The SMILES string of the molecule is CC(C)(C)c1ccc(N2c3cc4c(cc3B3c5c(cc(-c6ccccc6)cc52)-c2cc(C56CC7CC(CC(C7)C5)C6)cc5c6cc(C78CC9CC(CC(C9)C7)C8)ccc6n3c25)Sc2ccccc2S4)c(-c2ccccc2)c1. The van der Waals surface area contributed by atoms with E-state index in [2.05, 4.69) is 188 Å². The number of benzene rings is 8. The monoisotopic (exact) mass is 1030 g/mol. The number of hydrogen-bond donors (Lipinski definition) is 0. The summed E-state index contributed by atoms with van der Waals surface area (Å²) in [5.74, 6) is 5.34. The molecule has 4 heterocycles. The predicted octanol–water partition coefficient (Wildman–Crippen LogP) is 18.4. The van der Waals surface area contributed by atoms with E-state index in [9.17, 15) is 0 Å². The molecule has 9 aromatic rings. The first-order chi connectivity index (χ1) is 37.6. The summed E-state index contributed by atoms with van der Waals surface area (Å²) in [5.41, 5.74) is 22.7. The first-order valence-corrected chi connectivity index (χ1v) is 31.2. The Bertz CT molecular complexity index is 3940. The van der Waals surface area contributed by atoms with Crippen LogP contribution in [0.2, 0.25) is 0 Å². The summed E-state index contributed by atoms with van der Waals surface area (Å²) in [6.07, 6.45) is 17.1. The van der Waals surface area contributed by atoms with Crippen molar-refractivity contribution in [1.82, 2.24) is 4.48 Å². The van der Waals surface area contributed by atoms with Gasteiger partial charge in [0.2, 0.25) is 0 Å². The van der Waals surface area contributed by atoms with Crippen molar-refractivity contribution in [2.45, 2.75) is 134 Å². The molecule has 8 aliphatic carbocycles. The molecule has 5 heteroatoms. The highest BCUT2D eigenvalue weighted by molar-refractivity contribution is 8.05. The van der Waals surface area contributed by atoms with E-state index in [1.54, 1.807) is 11.1 Å². The van der Waals surface area contributed by atoms with Crippen LogP contribution in [0.15, 0.2) is 177 Å². The normalized spacial score (nSPS) is 27.5. The van der Waals surface area contributed by atoms with Crippen LogP contribution in [0.25, 0.3) is 55.2 Å². The second kappa shape index (κ2) is 15.9. The third-order valence-corrected chi connectivity index (χ3v) is 24.2. The molecule has 77 heavy (non-hydrogen) atoms. The first-order valence-electron chi connectivity index (χ1n) is 29.6. The summed E-state index contributed by atoms with van der Waals surface area (Å²) in [6.45, 7) is 7.06. The van der Waals surface area contributed by atoms with Gasteiger partial charge in [0.1, 0.15) is 0 Å². The van der Waals surface area contributed by atoms with Gasteiger partial charge in [0.15, 0.2) is 0 Å². The molecule has 8 saturated carbocycles. The summed E-state index contributed by atoms with van der Waals surface area (Å²) in [7, 11) is 0. The molecule has 0 unspecified atom stereocenters. The van der Waals surface area contributed by atoms with Crippen molar-refractivity contribution in [3.8, 4) is 33.4 Å². The molecule has 20 rings (SSSR count). The molecule has 8 fully saturated rings. The van der Waals surface area contributed by atoms with E-state index in [-0.39, 0.29) is 17.7 Å². The molecule has 8 bridgehead atoms. The van der Waals surface area contributed by atoms with E-state index in [0.29, 0.717) is 5.41 Å². The maximum atomic E-state index is 2.90. The van der Waals surface area contributed by atoms with Crippen molar-refractivity contribution in [1.29, 1.82) is 0 Å². The van der Waals surface area contributed by atoms with Crippen LogP contribution in [0.5, 0.6) is 0 Å². The highest BCUT2D eigenvalue weighted by Crippen LogP contribution is 2.64. The predicted molar refractivity (Wildman–Crippen MR) is 324 cm³/mol. The Kier molecular flexibility index (Phi) is 9.31. The van der Waals surface area contributed by atoms with Crippen molar-refractivity contribution in [2.24, 2.45) is 35.5 Å². The van der Waals surface area contributed by atoms with Crippen molar-refractivity contribution < 1.29 is 0 Å². The van der Waals surface area contributed by atoms with Crippen LogP contribution in [-0.4, -0.2) is 11.3 Å². The van der Waals surface area contributed by atoms with E-state index in [1.807, 2.05) is 23.5 Å². The van der Waals surface area contributed by atoms with Gasteiger partial charge in [-0.25, -0.2) is 0 Å². The van der Waals surface area contributed by atoms with Crippen molar-refractivity contribution in [3.05, 3.63) is 174 Å². The Morgan fingerprint density at radius 3 is 1.64 bits per heavy atom. The highest BCUT2D eigenvalue weighted by Gasteiger charge is 2.54. The van der Waals surface area contributed by atoms with Gasteiger partial charge in [0.05, 0.1) is 5.69 Å². The molecular formula is C72H65BN2S2. The van der Waals surface area contributed by atoms with Crippen molar-refractivity contribution in [3.63, 3.8) is 0 Å². The molecular weight excluding hydrogens is 968 g/mol. The summed E-state index contributed by atoms with van der Waals surface area (Å²) >= 11 is 3.91. The summed E-state index contributed by atoms with van der Waals surface area (Å²) < 4.78 is 2.90. The highest BCUT2D eigenvalue weighted by atomic mass is 32.2. The van der Waals surface area contributed by atoms with Gasteiger partial charge in [0.25, 0.3) is 0 Å². The Morgan fingerprint density at radius 1 is 0.442 bits per heavy atom. The number of fused-ring (bicyclic) bond motifs is 9. The molecule has 0 saturated heterocycles. The number of aromatic nitrogens is 1. The quantitative estimate of drug-likeness (QED) is 0.159. The van der Waals surface area contributed by atoms with Gasteiger partial charge in [0, 0.05) is 63.9 Å². The fourth-order valence-corrected chi connectivity index (χ4v) is 21.5. The third-order valence-electron chi connectivity index (χ3n) is 21.6. The maximum absolute atomic E-state index is 2.90. The second-order valence-electron chi connectivity index (χ2n) is 27.3. The second-order valence-corrected chi connectivity index (χ2v) is 29.5. The van der Waals surface area contributed by atoms with Gasteiger partial charge in [-0.1, -0.05) is 129 Å². The van der Waals surface area contributed by atoms with E-state index < -0.39 is 0 Å². The number of hydrogen-bond acceptors (Lipinski definition) is 3. The Morgan fingerprint density at radius 2 is 1.01 bits per heavy atom. The summed E-state index contributed by atoms with van der Waals surface area (Å²) in [6, 6.07) is 63.3. The molecule has 8 aromatic carbocycles. The molecule has 0 amide bonds. The zero-order valence-corrected chi connectivity index (χ0v) is 46.4. The zero-order chi connectivity index (χ0) is 50.7. The van der Waals surface area contributed by atoms with Gasteiger partial charge < -0.3 is 9.38 Å². The van der Waals surface area contributed by atoms with Crippen molar-refractivity contribution >= 4 is 80.2 Å². The summed E-state index contributed by atoms with van der Waals surface area (Å²) in [4.78, 5) is 8.14. The minimum absolute atomic E-state index is 0.0196. The van der Waals surface area contributed by atoms with E-state index in [0.717, 1.165) is 35.5 Å². The van der Waals surface area contributed by atoms with Crippen LogP contribution < -0.4 is 15.8 Å². The van der Waals surface area contributed by atoms with Gasteiger partial charge in [-0.3, -0.25) is 0 Å². The van der Waals surface area contributed by atoms with Crippen LogP contribution in [-0.2, 0) is 16.2 Å². The van der Waals surface area contributed by atoms with Gasteiger partial charge in [-0.2, -0.15) is 0 Å². The smallest absolute Gasteiger partial charge is 0.333 e. The van der Waals surface area contributed by atoms with E-state index >= 15 is 0 Å². The third kappa shape index (κ3) is 6.54. The summed E-state index contributed by atoms with van der Waals surface area (Å²) in [5, 5.41) is 3.01. The molecule has 0 spiro atoms. The van der Waals surface area contributed by atoms with Crippen molar-refractivity contribution in [2.75, 3.05) is 4.90 Å². The maximum Gasteiger partial charge on any atom is 0.333 e. The van der Waals surface area contributed by atoms with E-state index in [4.69, 9.17) is 0 Å². The first kappa shape index (κ1) is 45.0. The fraction of sp³-hybridized carbons (Fsp3) is 0.333. The fourth-order valence-electron chi connectivity index (χ4n) is 19.2. The number of rotatable bonds is 5. The average molecular weight is 1030 g/mol. The lowest BCUT2D eigenvalue weighted by atomic mass is 9.44. The minimum Gasteiger partial charge on any atom is -0.375 e. The van der Waals surface area contributed by atoms with Gasteiger partial charge in [-0.05, 0) is 251 Å². The Hall–Kier alpha value is -5.88. The largest absolute Gasteiger partial charge is 0.375 e. The molecule has 378 valence electrons. The molecule has 0 atom stereocenters. The van der Waals surface area contributed by atoms with E-state index in [1.165, 1.54) is 185 Å². The van der Waals surface area contributed by atoms with Gasteiger partial charge >= 0.3 is 6.85 Å². The molecule has 0 N–H and O–H groups in total. The lowest BCUT2D eigenvalue weighted by Gasteiger charge is -2.57. The molecule has 11 aliphatic rings. The number of anilines is 3. The average Bonchev–Trinajstić information content (AvgIpc) is 3.95. The molecule has 2 nitrogen and oxygen atoms in total. The topological polar surface area (TPSA) is 8.17 Å². The Balaban J connectivity index is 0.963. The van der Waals surface area contributed by atoms with Gasteiger partial charge in [-0.15, -0.1) is 0 Å². The molecule has 0 radical (unpaired) electrons. The number of nitrogens with zero attached hydrogens (tertiary/aromatic N) is 2. The lowest BCUT2D eigenvalue weighted by Crippen LogP contribution is -2.57. The molecule has 1 aromatic heterocycles. The lowest BCUT2D eigenvalue weighted by molar-refractivity contribution is -0.00527. The van der Waals surface area contributed by atoms with Crippen LogP contribution in [0.3, 0.4) is 0 Å². The Labute approximate surface area is 463 Å². The minimum atomic E-state index is -0.0264.